The van der Waals surface area contributed by atoms with E-state index < -0.39 is 0 Å². The Morgan fingerprint density at radius 1 is 1.00 bits per heavy atom. The molecule has 7 heteroatoms. The monoisotopic (exact) mass is 444 g/mol. The van der Waals surface area contributed by atoms with Gasteiger partial charge in [-0.25, -0.2) is 14.4 Å². The van der Waals surface area contributed by atoms with Crippen molar-refractivity contribution in [3.05, 3.63) is 95.4 Å². The Labute approximate surface area is 189 Å². The quantitative estimate of drug-likeness (QED) is 0.293. The zero-order valence-electron chi connectivity index (χ0n) is 17.7. The third-order valence-electron chi connectivity index (χ3n) is 5.37. The van der Waals surface area contributed by atoms with E-state index >= 15 is 0 Å². The van der Waals surface area contributed by atoms with E-state index in [9.17, 15) is 4.39 Å². The van der Waals surface area contributed by atoms with E-state index in [1.807, 2.05) is 50.4 Å². The summed E-state index contributed by atoms with van der Waals surface area (Å²) in [6.07, 6.45) is 3.56. The van der Waals surface area contributed by atoms with E-state index in [4.69, 9.17) is 14.4 Å². The molecule has 0 spiro atoms. The van der Waals surface area contributed by atoms with Gasteiger partial charge < -0.3 is 8.98 Å². The second-order valence-electron chi connectivity index (χ2n) is 7.60. The number of aromatic nitrogens is 4. The van der Waals surface area contributed by atoms with Crippen LogP contribution in [-0.4, -0.2) is 19.5 Å². The molecule has 3 heterocycles. The molecule has 0 saturated carbocycles. The molecule has 2 aromatic carbocycles. The number of pyridine rings is 1. The Balaban J connectivity index is 1.48. The van der Waals surface area contributed by atoms with Crippen molar-refractivity contribution in [3.63, 3.8) is 0 Å². The Bertz CT molecular complexity index is 1390. The third kappa shape index (κ3) is 4.03. The van der Waals surface area contributed by atoms with Gasteiger partial charge in [0.2, 0.25) is 5.89 Å². The van der Waals surface area contributed by atoms with E-state index in [2.05, 4.69) is 9.55 Å². The van der Waals surface area contributed by atoms with Crippen molar-refractivity contribution < 1.29 is 8.81 Å². The molecule has 5 rings (SSSR count). The molecule has 160 valence electrons. The zero-order chi connectivity index (χ0) is 22.1. The lowest BCUT2D eigenvalue weighted by Gasteiger charge is -2.07. The van der Waals surface area contributed by atoms with Gasteiger partial charge in [0.1, 0.15) is 17.3 Å². The summed E-state index contributed by atoms with van der Waals surface area (Å²) in [5.41, 5.74) is 5.82. The van der Waals surface area contributed by atoms with Crippen LogP contribution in [0.4, 0.5) is 4.39 Å². The lowest BCUT2D eigenvalue weighted by atomic mass is 10.1. The number of aryl methyl sites for hydroxylation is 2. The number of oxazole rings is 1. The molecule has 0 aliphatic heterocycles. The SMILES string of the molecule is Cc1ccccc1-c1nc(Cn2c(SCc3ccc(F)cc3)nc3ccncc32)c(C)o1. The van der Waals surface area contributed by atoms with Gasteiger partial charge in [0.05, 0.1) is 23.8 Å². The molecule has 0 amide bonds. The lowest BCUT2D eigenvalue weighted by molar-refractivity contribution is 0.537. The highest BCUT2D eigenvalue weighted by Crippen LogP contribution is 2.30. The highest BCUT2D eigenvalue weighted by atomic mass is 32.2. The maximum atomic E-state index is 13.2. The average molecular weight is 445 g/mol. The number of halogens is 1. The van der Waals surface area contributed by atoms with Gasteiger partial charge in [-0.2, -0.15) is 0 Å². The van der Waals surface area contributed by atoms with Crippen LogP contribution in [0.25, 0.3) is 22.5 Å². The molecule has 32 heavy (non-hydrogen) atoms. The van der Waals surface area contributed by atoms with Crippen LogP contribution in [0.5, 0.6) is 0 Å². The molecule has 0 radical (unpaired) electrons. The maximum absolute atomic E-state index is 13.2. The molecule has 5 aromatic rings. The first-order valence-corrected chi connectivity index (χ1v) is 11.3. The lowest BCUT2D eigenvalue weighted by Crippen LogP contribution is -2.03. The summed E-state index contributed by atoms with van der Waals surface area (Å²) in [7, 11) is 0. The van der Waals surface area contributed by atoms with Crippen molar-refractivity contribution in [2.24, 2.45) is 0 Å². The van der Waals surface area contributed by atoms with Crippen molar-refractivity contribution in [1.82, 2.24) is 19.5 Å². The van der Waals surface area contributed by atoms with Crippen LogP contribution in [0.3, 0.4) is 0 Å². The van der Waals surface area contributed by atoms with Gasteiger partial charge in [-0.15, -0.1) is 0 Å². The zero-order valence-corrected chi connectivity index (χ0v) is 18.6. The van der Waals surface area contributed by atoms with Crippen molar-refractivity contribution in [1.29, 1.82) is 0 Å². The number of nitrogens with zero attached hydrogens (tertiary/aromatic N) is 4. The average Bonchev–Trinajstić information content (AvgIpc) is 3.34. The third-order valence-corrected chi connectivity index (χ3v) is 6.42. The van der Waals surface area contributed by atoms with Crippen LogP contribution in [0.2, 0.25) is 0 Å². The largest absolute Gasteiger partial charge is 0.441 e. The Morgan fingerprint density at radius 3 is 2.62 bits per heavy atom. The number of imidazole rings is 1. The van der Waals surface area contributed by atoms with Gasteiger partial charge in [-0.05, 0) is 49.2 Å². The summed E-state index contributed by atoms with van der Waals surface area (Å²) in [6, 6.07) is 16.5. The fourth-order valence-electron chi connectivity index (χ4n) is 3.59. The van der Waals surface area contributed by atoms with Crippen molar-refractivity contribution in [3.8, 4) is 11.5 Å². The van der Waals surface area contributed by atoms with E-state index in [0.29, 0.717) is 18.2 Å². The van der Waals surface area contributed by atoms with Gasteiger partial charge in [0.15, 0.2) is 5.16 Å². The highest BCUT2D eigenvalue weighted by Gasteiger charge is 2.18. The molecule has 5 nitrogen and oxygen atoms in total. The maximum Gasteiger partial charge on any atom is 0.226 e. The summed E-state index contributed by atoms with van der Waals surface area (Å²) in [5.74, 6) is 1.86. The number of rotatable bonds is 6. The predicted octanol–water partition coefficient (Wildman–Crippen LogP) is 6.18. The van der Waals surface area contributed by atoms with Crippen LogP contribution in [0, 0.1) is 19.7 Å². The topological polar surface area (TPSA) is 56.7 Å². The number of hydrogen-bond acceptors (Lipinski definition) is 5. The van der Waals surface area contributed by atoms with Crippen molar-refractivity contribution >= 4 is 22.8 Å². The Morgan fingerprint density at radius 2 is 1.81 bits per heavy atom. The van der Waals surface area contributed by atoms with Gasteiger partial charge in [-0.1, -0.05) is 42.1 Å². The number of hydrogen-bond donors (Lipinski definition) is 0. The normalized spacial score (nSPS) is 11.3. The van der Waals surface area contributed by atoms with E-state index in [0.717, 1.165) is 44.3 Å². The van der Waals surface area contributed by atoms with Gasteiger partial charge >= 0.3 is 0 Å². The minimum absolute atomic E-state index is 0.233. The molecule has 0 aliphatic carbocycles. The minimum atomic E-state index is -0.233. The molecule has 0 aliphatic rings. The van der Waals surface area contributed by atoms with E-state index in [1.54, 1.807) is 30.1 Å². The van der Waals surface area contributed by atoms with Crippen molar-refractivity contribution in [2.45, 2.75) is 31.3 Å². The molecule has 3 aromatic heterocycles. The second-order valence-corrected chi connectivity index (χ2v) is 8.54. The number of benzene rings is 2. The standard InChI is InChI=1S/C25H21FN4OS/c1-16-5-3-4-6-20(16)24-28-22(17(2)31-24)14-30-23-13-27-12-11-21(23)29-25(30)32-15-18-7-9-19(26)10-8-18/h3-13H,14-15H2,1-2H3. The summed E-state index contributed by atoms with van der Waals surface area (Å²) < 4.78 is 21.4. The second kappa shape index (κ2) is 8.59. The summed E-state index contributed by atoms with van der Waals surface area (Å²) in [6.45, 7) is 4.51. The summed E-state index contributed by atoms with van der Waals surface area (Å²) in [4.78, 5) is 13.9. The van der Waals surface area contributed by atoms with E-state index in [1.165, 1.54) is 12.1 Å². The first-order chi connectivity index (χ1) is 15.6. The highest BCUT2D eigenvalue weighted by molar-refractivity contribution is 7.98. The fraction of sp³-hybridized carbons (Fsp3) is 0.160. The van der Waals surface area contributed by atoms with E-state index in [-0.39, 0.29) is 5.82 Å². The summed E-state index contributed by atoms with van der Waals surface area (Å²) >= 11 is 1.61. The van der Waals surface area contributed by atoms with Crippen LogP contribution in [0.1, 0.15) is 22.6 Å². The molecule has 0 N–H and O–H groups in total. The minimum Gasteiger partial charge on any atom is -0.441 e. The first kappa shape index (κ1) is 20.5. The smallest absolute Gasteiger partial charge is 0.226 e. The Kier molecular flexibility index (Phi) is 5.49. The van der Waals surface area contributed by atoms with Crippen LogP contribution >= 0.6 is 11.8 Å². The predicted molar refractivity (Wildman–Crippen MR) is 124 cm³/mol. The summed E-state index contributed by atoms with van der Waals surface area (Å²) in [5, 5.41) is 0.858. The van der Waals surface area contributed by atoms with Crippen LogP contribution in [0.15, 0.2) is 76.6 Å². The number of fused-ring (bicyclic) bond motifs is 1. The Hall–Kier alpha value is -3.45. The van der Waals surface area contributed by atoms with Crippen LogP contribution in [-0.2, 0) is 12.3 Å². The molecular formula is C25H21FN4OS. The van der Waals surface area contributed by atoms with Gasteiger partial charge in [-0.3, -0.25) is 4.98 Å². The van der Waals surface area contributed by atoms with Crippen LogP contribution < -0.4 is 0 Å². The molecule has 0 unspecified atom stereocenters. The van der Waals surface area contributed by atoms with Gasteiger partial charge in [0, 0.05) is 17.5 Å². The molecule has 0 bridgehead atoms. The van der Waals surface area contributed by atoms with Gasteiger partial charge in [0.25, 0.3) is 0 Å². The first-order valence-electron chi connectivity index (χ1n) is 10.3. The molecular weight excluding hydrogens is 423 g/mol. The molecule has 0 atom stereocenters. The number of thioether (sulfide) groups is 1. The molecule has 0 fully saturated rings. The fourth-order valence-corrected chi connectivity index (χ4v) is 4.56. The van der Waals surface area contributed by atoms with Crippen molar-refractivity contribution in [2.75, 3.05) is 0 Å². The molecule has 0 saturated heterocycles.